The molecule has 0 amide bonds. The van der Waals surface area contributed by atoms with Crippen LogP contribution in [0.2, 0.25) is 0 Å². The number of alkyl halides is 3. The van der Waals surface area contributed by atoms with Crippen molar-refractivity contribution >= 4 is 11.8 Å². The molecule has 0 aliphatic carbocycles. The molecule has 1 atom stereocenters. The van der Waals surface area contributed by atoms with E-state index in [2.05, 4.69) is 4.98 Å². The molecule has 1 fully saturated rings. The topological polar surface area (TPSA) is 50.6 Å². The van der Waals surface area contributed by atoms with Gasteiger partial charge in [0.15, 0.2) is 0 Å². The molecule has 4 rings (SSSR count). The van der Waals surface area contributed by atoms with Gasteiger partial charge in [0.05, 0.1) is 13.2 Å². The molecule has 1 unspecified atom stereocenters. The number of halogens is 4. The van der Waals surface area contributed by atoms with Gasteiger partial charge in [-0.1, -0.05) is 12.1 Å². The zero-order valence-electron chi connectivity index (χ0n) is 15.5. The van der Waals surface area contributed by atoms with E-state index in [0.29, 0.717) is 37.7 Å². The summed E-state index contributed by atoms with van der Waals surface area (Å²) < 4.78 is 61.1. The molecule has 6 nitrogen and oxygen atoms in total. The number of fused-ring (bicyclic) bond motifs is 1. The number of morpholine rings is 1. The first-order valence-electron chi connectivity index (χ1n) is 9.35. The second kappa shape index (κ2) is 7.66. The van der Waals surface area contributed by atoms with E-state index in [1.165, 1.54) is 34.9 Å². The Balaban J connectivity index is 1.76. The van der Waals surface area contributed by atoms with Crippen LogP contribution in [0.1, 0.15) is 12.0 Å². The van der Waals surface area contributed by atoms with Gasteiger partial charge >= 0.3 is 6.18 Å². The van der Waals surface area contributed by atoms with Gasteiger partial charge in [-0.2, -0.15) is 18.2 Å². The predicted octanol–water partition coefficient (Wildman–Crippen LogP) is 2.56. The number of benzene rings is 1. The number of ether oxygens (including phenoxy) is 1. The predicted molar refractivity (Wildman–Crippen MR) is 98.6 cm³/mol. The van der Waals surface area contributed by atoms with Crippen molar-refractivity contribution in [2.24, 2.45) is 0 Å². The van der Waals surface area contributed by atoms with E-state index < -0.39 is 18.0 Å². The third-order valence-corrected chi connectivity index (χ3v) is 5.21. The van der Waals surface area contributed by atoms with Crippen molar-refractivity contribution in [3.63, 3.8) is 0 Å². The number of hydrogen-bond donors (Lipinski definition) is 0. The lowest BCUT2D eigenvalue weighted by Gasteiger charge is -2.39. The molecule has 2 aliphatic heterocycles. The summed E-state index contributed by atoms with van der Waals surface area (Å²) in [4.78, 5) is 20.0. The van der Waals surface area contributed by atoms with Crippen molar-refractivity contribution < 1.29 is 22.3 Å². The van der Waals surface area contributed by atoms with Crippen LogP contribution in [0.3, 0.4) is 0 Å². The molecule has 0 saturated carbocycles. The molecule has 10 heteroatoms. The smallest absolute Gasteiger partial charge is 0.378 e. The summed E-state index contributed by atoms with van der Waals surface area (Å²) in [6.07, 6.45) is -4.74. The Bertz CT molecular complexity index is 923. The van der Waals surface area contributed by atoms with Gasteiger partial charge in [-0.25, -0.2) is 4.39 Å². The minimum atomic E-state index is -4.49. The fourth-order valence-corrected chi connectivity index (χ4v) is 3.72. The Morgan fingerprint density at radius 3 is 2.45 bits per heavy atom. The molecule has 0 radical (unpaired) electrons. The third-order valence-electron chi connectivity index (χ3n) is 5.21. The van der Waals surface area contributed by atoms with Gasteiger partial charge in [-0.15, -0.1) is 0 Å². The van der Waals surface area contributed by atoms with E-state index in [4.69, 9.17) is 4.74 Å². The molecule has 3 heterocycles. The first-order chi connectivity index (χ1) is 13.8. The largest absolute Gasteiger partial charge is 0.408 e. The summed E-state index contributed by atoms with van der Waals surface area (Å²) in [7, 11) is 0. The van der Waals surface area contributed by atoms with Crippen LogP contribution in [-0.4, -0.2) is 48.1 Å². The zero-order chi connectivity index (χ0) is 20.6. The molecule has 0 spiro atoms. The number of aromatic nitrogens is 2. The van der Waals surface area contributed by atoms with Crippen LogP contribution >= 0.6 is 0 Å². The highest BCUT2D eigenvalue weighted by Gasteiger charge is 2.46. The van der Waals surface area contributed by atoms with Gasteiger partial charge in [0.25, 0.3) is 5.56 Å². The molecule has 1 aromatic carbocycles. The summed E-state index contributed by atoms with van der Waals surface area (Å²) >= 11 is 0. The molecular formula is C19H20F4N4O2. The summed E-state index contributed by atoms with van der Waals surface area (Å²) in [6, 6.07) is 4.86. The Kier molecular flexibility index (Phi) is 5.20. The van der Waals surface area contributed by atoms with Gasteiger partial charge in [-0.3, -0.25) is 9.36 Å². The number of nitrogens with zero attached hydrogens (tertiary/aromatic N) is 4. The van der Waals surface area contributed by atoms with E-state index in [1.54, 1.807) is 0 Å². The van der Waals surface area contributed by atoms with Crippen molar-refractivity contribution in [3.05, 3.63) is 52.1 Å². The van der Waals surface area contributed by atoms with Crippen LogP contribution in [0, 0.1) is 5.82 Å². The van der Waals surface area contributed by atoms with Gasteiger partial charge < -0.3 is 14.5 Å². The maximum absolute atomic E-state index is 13.8. The van der Waals surface area contributed by atoms with E-state index in [1.807, 2.05) is 4.90 Å². The first kappa shape index (κ1) is 19.7. The van der Waals surface area contributed by atoms with Crippen molar-refractivity contribution in [1.29, 1.82) is 0 Å². The molecule has 2 aromatic rings. The highest BCUT2D eigenvalue weighted by molar-refractivity contribution is 5.47. The Morgan fingerprint density at radius 1 is 1.10 bits per heavy atom. The average Bonchev–Trinajstić information content (AvgIpc) is 2.70. The van der Waals surface area contributed by atoms with Crippen LogP contribution < -0.4 is 15.4 Å². The molecule has 29 heavy (non-hydrogen) atoms. The van der Waals surface area contributed by atoms with Gasteiger partial charge in [-0.05, 0) is 24.1 Å². The van der Waals surface area contributed by atoms with E-state index >= 15 is 0 Å². The monoisotopic (exact) mass is 412 g/mol. The summed E-state index contributed by atoms with van der Waals surface area (Å²) in [5.74, 6) is -0.141. The molecule has 156 valence electrons. The number of anilines is 2. The van der Waals surface area contributed by atoms with Crippen molar-refractivity contribution in [2.45, 2.75) is 31.7 Å². The Hall–Kier alpha value is -2.62. The van der Waals surface area contributed by atoms with Gasteiger partial charge in [0.1, 0.15) is 17.7 Å². The minimum absolute atomic E-state index is 0.0168. The Morgan fingerprint density at radius 2 is 1.79 bits per heavy atom. The van der Waals surface area contributed by atoms with E-state index in [-0.39, 0.29) is 31.0 Å². The molecule has 0 N–H and O–H groups in total. The molecule has 1 saturated heterocycles. The molecule has 0 bridgehead atoms. The van der Waals surface area contributed by atoms with Crippen molar-refractivity contribution in [2.75, 3.05) is 36.1 Å². The van der Waals surface area contributed by atoms with Crippen LogP contribution in [0.5, 0.6) is 0 Å². The lowest BCUT2D eigenvalue weighted by atomic mass is 10.1. The van der Waals surface area contributed by atoms with Crippen LogP contribution in [0.25, 0.3) is 0 Å². The quantitative estimate of drug-likeness (QED) is 0.726. The van der Waals surface area contributed by atoms with Crippen molar-refractivity contribution in [3.8, 4) is 0 Å². The SMILES string of the molecule is O=c1cc(N2CCOCC2)nc2n1CCC(C(F)(F)F)N2Cc1ccc(F)cc1. The highest BCUT2D eigenvalue weighted by atomic mass is 19.4. The second-order valence-electron chi connectivity index (χ2n) is 7.10. The van der Waals surface area contributed by atoms with E-state index in [9.17, 15) is 22.4 Å². The summed E-state index contributed by atoms with van der Waals surface area (Å²) in [6.45, 7) is 1.75. The summed E-state index contributed by atoms with van der Waals surface area (Å²) in [5.41, 5.74) is 0.112. The molecule has 1 aromatic heterocycles. The highest BCUT2D eigenvalue weighted by Crippen LogP contribution is 2.35. The maximum atomic E-state index is 13.8. The second-order valence-corrected chi connectivity index (χ2v) is 7.10. The molecular weight excluding hydrogens is 392 g/mol. The zero-order valence-corrected chi connectivity index (χ0v) is 15.5. The van der Waals surface area contributed by atoms with Crippen LogP contribution in [-0.2, 0) is 17.8 Å². The van der Waals surface area contributed by atoms with Gasteiger partial charge in [0, 0.05) is 32.2 Å². The van der Waals surface area contributed by atoms with Gasteiger partial charge in [0.2, 0.25) is 5.95 Å². The maximum Gasteiger partial charge on any atom is 0.408 e. The number of rotatable bonds is 3. The normalized spacial score (nSPS) is 19.9. The minimum Gasteiger partial charge on any atom is -0.378 e. The first-order valence-corrected chi connectivity index (χ1v) is 9.35. The summed E-state index contributed by atoms with van der Waals surface area (Å²) in [5, 5.41) is 0. The standard InChI is InChI=1S/C19H20F4N4O2/c20-14-3-1-13(2-4-14)12-27-15(19(21,22)23)5-6-26-17(28)11-16(24-18(26)27)25-7-9-29-10-8-25/h1-4,11,15H,5-10,12H2. The van der Waals surface area contributed by atoms with Crippen LogP contribution in [0.15, 0.2) is 35.1 Å². The lowest BCUT2D eigenvalue weighted by Crippen LogP contribution is -2.52. The fourth-order valence-electron chi connectivity index (χ4n) is 3.72. The van der Waals surface area contributed by atoms with Crippen molar-refractivity contribution in [1.82, 2.24) is 9.55 Å². The van der Waals surface area contributed by atoms with E-state index in [0.717, 1.165) is 4.90 Å². The lowest BCUT2D eigenvalue weighted by molar-refractivity contribution is -0.153. The molecule has 2 aliphatic rings. The Labute approximate surface area is 164 Å². The third kappa shape index (κ3) is 4.07. The van der Waals surface area contributed by atoms with Crippen LogP contribution in [0.4, 0.5) is 29.3 Å². The fraction of sp³-hybridized carbons (Fsp3) is 0.474. The average molecular weight is 412 g/mol. The number of hydrogen-bond acceptors (Lipinski definition) is 5.